The molecule has 1 atom stereocenters. The maximum absolute atomic E-state index is 12.4. The Bertz CT molecular complexity index is 669. The van der Waals surface area contributed by atoms with Gasteiger partial charge in [-0.1, -0.05) is 42.5 Å². The maximum atomic E-state index is 12.4. The Morgan fingerprint density at radius 1 is 1.04 bits per heavy atom. The molecule has 0 saturated heterocycles. The van der Waals surface area contributed by atoms with E-state index in [1.165, 1.54) is 6.92 Å². The molecule has 1 unspecified atom stereocenters. The van der Waals surface area contributed by atoms with Crippen molar-refractivity contribution in [2.45, 2.75) is 25.9 Å². The van der Waals surface area contributed by atoms with Gasteiger partial charge in [0.05, 0.1) is 6.04 Å². The molecule has 0 spiro atoms. The van der Waals surface area contributed by atoms with Crippen LogP contribution in [-0.2, 0) is 11.3 Å². The number of carbonyl (C=O) groups excluding carboxylic acids is 2. The zero-order valence-corrected chi connectivity index (χ0v) is 13.7. The number of rotatable bonds is 7. The molecule has 0 bridgehead atoms. The summed E-state index contributed by atoms with van der Waals surface area (Å²) in [4.78, 5) is 23.3. The second kappa shape index (κ2) is 8.84. The fourth-order valence-corrected chi connectivity index (χ4v) is 2.38. The van der Waals surface area contributed by atoms with Gasteiger partial charge in [-0.2, -0.15) is 0 Å². The van der Waals surface area contributed by atoms with Crippen molar-refractivity contribution in [1.29, 1.82) is 0 Å². The highest BCUT2D eigenvalue weighted by atomic mass is 16.3. The van der Waals surface area contributed by atoms with Crippen LogP contribution in [0, 0.1) is 0 Å². The average Bonchev–Trinajstić information content (AvgIpc) is 2.60. The van der Waals surface area contributed by atoms with Crippen LogP contribution in [-0.4, -0.2) is 23.5 Å². The summed E-state index contributed by atoms with van der Waals surface area (Å²) in [5.41, 5.74) is 2.43. The maximum Gasteiger partial charge on any atom is 0.251 e. The third kappa shape index (κ3) is 5.21. The summed E-state index contributed by atoms with van der Waals surface area (Å²) in [6.07, 6.45) is 0.455. The molecule has 2 aromatic carbocycles. The molecule has 5 nitrogen and oxygen atoms in total. The highest BCUT2D eigenvalue weighted by Crippen LogP contribution is 2.17. The van der Waals surface area contributed by atoms with Gasteiger partial charge in [-0.25, -0.2) is 0 Å². The average molecular weight is 326 g/mol. The summed E-state index contributed by atoms with van der Waals surface area (Å²) < 4.78 is 0. The summed E-state index contributed by atoms with van der Waals surface area (Å²) >= 11 is 0. The third-order valence-corrected chi connectivity index (χ3v) is 3.68. The molecular weight excluding hydrogens is 304 g/mol. The SMILES string of the molecule is CC(=O)NCc1ccc(C(=O)NC(CCO)c2ccccc2)cc1. The van der Waals surface area contributed by atoms with Gasteiger partial charge < -0.3 is 15.7 Å². The first-order valence-electron chi connectivity index (χ1n) is 7.90. The van der Waals surface area contributed by atoms with Crippen molar-refractivity contribution in [1.82, 2.24) is 10.6 Å². The van der Waals surface area contributed by atoms with E-state index in [9.17, 15) is 14.7 Å². The molecule has 0 fully saturated rings. The van der Waals surface area contributed by atoms with Crippen molar-refractivity contribution in [2.24, 2.45) is 0 Å². The Balaban J connectivity index is 2.03. The normalized spacial score (nSPS) is 11.6. The summed E-state index contributed by atoms with van der Waals surface area (Å²) in [5.74, 6) is -0.282. The first kappa shape index (κ1) is 17.7. The largest absolute Gasteiger partial charge is 0.396 e. The molecule has 2 aromatic rings. The van der Waals surface area contributed by atoms with E-state index in [-0.39, 0.29) is 24.5 Å². The molecule has 0 aliphatic rings. The number of amides is 2. The van der Waals surface area contributed by atoms with Crippen molar-refractivity contribution >= 4 is 11.8 Å². The molecule has 126 valence electrons. The summed E-state index contributed by atoms with van der Waals surface area (Å²) in [6, 6.07) is 16.4. The van der Waals surface area contributed by atoms with Gasteiger partial charge in [0.1, 0.15) is 0 Å². The smallest absolute Gasteiger partial charge is 0.251 e. The van der Waals surface area contributed by atoms with Gasteiger partial charge in [-0.3, -0.25) is 9.59 Å². The number of aliphatic hydroxyl groups excluding tert-OH is 1. The van der Waals surface area contributed by atoms with Crippen LogP contribution in [0.2, 0.25) is 0 Å². The van der Waals surface area contributed by atoms with E-state index in [1.807, 2.05) is 42.5 Å². The zero-order chi connectivity index (χ0) is 17.4. The first-order chi connectivity index (χ1) is 11.6. The van der Waals surface area contributed by atoms with Gasteiger partial charge >= 0.3 is 0 Å². The van der Waals surface area contributed by atoms with Gasteiger partial charge in [0, 0.05) is 25.6 Å². The Morgan fingerprint density at radius 3 is 2.29 bits per heavy atom. The lowest BCUT2D eigenvalue weighted by molar-refractivity contribution is -0.119. The lowest BCUT2D eigenvalue weighted by atomic mass is 10.0. The Kier molecular flexibility index (Phi) is 6.51. The molecular formula is C19H22N2O3. The standard InChI is InChI=1S/C19H22N2O3/c1-14(23)20-13-15-7-9-17(10-8-15)19(24)21-18(11-12-22)16-5-3-2-4-6-16/h2-10,18,22H,11-13H2,1H3,(H,20,23)(H,21,24). The van der Waals surface area contributed by atoms with Crippen molar-refractivity contribution in [3.8, 4) is 0 Å². The lowest BCUT2D eigenvalue weighted by Crippen LogP contribution is -2.29. The number of hydrogen-bond acceptors (Lipinski definition) is 3. The quantitative estimate of drug-likeness (QED) is 0.730. The predicted octanol–water partition coefficient (Wildman–Crippen LogP) is 2.18. The summed E-state index contributed by atoms with van der Waals surface area (Å²) in [5, 5.41) is 14.9. The molecule has 0 aliphatic carbocycles. The molecule has 0 radical (unpaired) electrons. The van der Waals surface area contributed by atoms with Crippen LogP contribution < -0.4 is 10.6 Å². The highest BCUT2D eigenvalue weighted by Gasteiger charge is 2.15. The molecule has 0 heterocycles. The molecule has 2 rings (SSSR count). The fourth-order valence-electron chi connectivity index (χ4n) is 2.38. The van der Waals surface area contributed by atoms with Crippen LogP contribution in [0.1, 0.15) is 40.9 Å². The second-order valence-electron chi connectivity index (χ2n) is 5.56. The summed E-state index contributed by atoms with van der Waals surface area (Å²) in [6.45, 7) is 1.90. The Morgan fingerprint density at radius 2 is 1.71 bits per heavy atom. The van der Waals surface area contributed by atoms with E-state index >= 15 is 0 Å². The molecule has 3 N–H and O–H groups in total. The number of aliphatic hydroxyl groups is 1. The second-order valence-corrected chi connectivity index (χ2v) is 5.56. The van der Waals surface area contributed by atoms with Crippen LogP contribution in [0.3, 0.4) is 0 Å². The molecule has 0 saturated carbocycles. The van der Waals surface area contributed by atoms with Gasteiger partial charge in [0.15, 0.2) is 0 Å². The van der Waals surface area contributed by atoms with Gasteiger partial charge in [-0.15, -0.1) is 0 Å². The minimum atomic E-state index is -0.234. The van der Waals surface area contributed by atoms with Crippen LogP contribution in [0.4, 0.5) is 0 Å². The predicted molar refractivity (Wildman–Crippen MR) is 92.3 cm³/mol. The lowest BCUT2D eigenvalue weighted by Gasteiger charge is -2.18. The van der Waals surface area contributed by atoms with E-state index in [0.717, 1.165) is 11.1 Å². The van der Waals surface area contributed by atoms with Crippen LogP contribution in [0.25, 0.3) is 0 Å². The molecule has 5 heteroatoms. The van der Waals surface area contributed by atoms with E-state index in [2.05, 4.69) is 10.6 Å². The van der Waals surface area contributed by atoms with E-state index in [4.69, 9.17) is 0 Å². The van der Waals surface area contributed by atoms with Crippen molar-refractivity contribution in [3.05, 3.63) is 71.3 Å². The monoisotopic (exact) mass is 326 g/mol. The fraction of sp³-hybridized carbons (Fsp3) is 0.263. The van der Waals surface area contributed by atoms with Crippen LogP contribution in [0.5, 0.6) is 0 Å². The van der Waals surface area contributed by atoms with Crippen molar-refractivity contribution in [2.75, 3.05) is 6.61 Å². The number of benzene rings is 2. The summed E-state index contributed by atoms with van der Waals surface area (Å²) in [7, 11) is 0. The van der Waals surface area contributed by atoms with Gasteiger partial charge in [-0.05, 0) is 29.7 Å². The van der Waals surface area contributed by atoms with Crippen LogP contribution in [0.15, 0.2) is 54.6 Å². The first-order valence-corrected chi connectivity index (χ1v) is 7.90. The zero-order valence-electron chi connectivity index (χ0n) is 13.7. The van der Waals surface area contributed by atoms with Gasteiger partial charge in [0.25, 0.3) is 5.91 Å². The Labute approximate surface area is 141 Å². The van der Waals surface area contributed by atoms with E-state index < -0.39 is 0 Å². The highest BCUT2D eigenvalue weighted by molar-refractivity contribution is 5.94. The van der Waals surface area contributed by atoms with Crippen molar-refractivity contribution in [3.63, 3.8) is 0 Å². The topological polar surface area (TPSA) is 78.4 Å². The third-order valence-electron chi connectivity index (χ3n) is 3.68. The minimum Gasteiger partial charge on any atom is -0.396 e. The molecule has 2 amide bonds. The Hall–Kier alpha value is -2.66. The molecule has 0 aliphatic heterocycles. The van der Waals surface area contributed by atoms with Gasteiger partial charge in [0.2, 0.25) is 5.91 Å². The minimum absolute atomic E-state index is 0.00447. The number of hydrogen-bond donors (Lipinski definition) is 3. The van der Waals surface area contributed by atoms with E-state index in [0.29, 0.717) is 18.5 Å². The van der Waals surface area contributed by atoms with Crippen molar-refractivity contribution < 1.29 is 14.7 Å². The number of nitrogens with one attached hydrogen (secondary N) is 2. The molecule has 24 heavy (non-hydrogen) atoms. The molecule has 0 aromatic heterocycles. The number of carbonyl (C=O) groups is 2. The van der Waals surface area contributed by atoms with Crippen LogP contribution >= 0.6 is 0 Å². The van der Waals surface area contributed by atoms with E-state index in [1.54, 1.807) is 12.1 Å².